The molecule has 1 rings (SSSR count). The largest absolute Gasteiger partial charge is 0.504 e. The second-order valence-corrected chi connectivity index (χ2v) is 3.96. The van der Waals surface area contributed by atoms with Crippen LogP contribution in [-0.2, 0) is 14.4 Å². The van der Waals surface area contributed by atoms with Crippen LogP contribution in [0.1, 0.15) is 20.8 Å². The Morgan fingerprint density at radius 1 is 0.842 bits per heavy atom. The zero-order valence-electron chi connectivity index (χ0n) is 10.8. The van der Waals surface area contributed by atoms with E-state index in [-0.39, 0.29) is 34.8 Å². The fourth-order valence-electron chi connectivity index (χ4n) is 1.48. The van der Waals surface area contributed by atoms with E-state index in [2.05, 4.69) is 16.0 Å². The average Bonchev–Trinajstić information content (AvgIpc) is 2.22. The van der Waals surface area contributed by atoms with Crippen molar-refractivity contribution in [3.63, 3.8) is 0 Å². The van der Waals surface area contributed by atoms with E-state index in [0.29, 0.717) is 5.69 Å². The standard InChI is InChI=1S/C12H15N3O4/c1-6(16)13-9-4-10(14-7(2)17)12(19)11(5-9)15-8(3)18/h4-5,19H,1-3H3,(H,13,16)(H,14,17)(H,15,18). The van der Waals surface area contributed by atoms with Gasteiger partial charge < -0.3 is 21.1 Å². The Morgan fingerprint density at radius 2 is 1.21 bits per heavy atom. The molecule has 0 aliphatic carbocycles. The molecular formula is C12H15N3O4. The van der Waals surface area contributed by atoms with E-state index in [1.54, 1.807) is 0 Å². The number of carbonyl (C=O) groups is 3. The summed E-state index contributed by atoms with van der Waals surface area (Å²) in [6, 6.07) is 2.78. The van der Waals surface area contributed by atoms with Gasteiger partial charge in [-0.3, -0.25) is 14.4 Å². The molecule has 4 N–H and O–H groups in total. The van der Waals surface area contributed by atoms with Gasteiger partial charge in [-0.05, 0) is 12.1 Å². The number of aromatic hydroxyl groups is 1. The normalized spacial score (nSPS) is 9.63. The molecule has 0 unspecified atom stereocenters. The van der Waals surface area contributed by atoms with E-state index in [1.165, 1.54) is 32.9 Å². The van der Waals surface area contributed by atoms with E-state index >= 15 is 0 Å². The topological polar surface area (TPSA) is 108 Å². The van der Waals surface area contributed by atoms with Crippen molar-refractivity contribution >= 4 is 34.8 Å². The summed E-state index contributed by atoms with van der Waals surface area (Å²) in [7, 11) is 0. The summed E-state index contributed by atoms with van der Waals surface area (Å²) < 4.78 is 0. The van der Waals surface area contributed by atoms with Crippen molar-refractivity contribution in [2.24, 2.45) is 0 Å². The maximum Gasteiger partial charge on any atom is 0.221 e. The lowest BCUT2D eigenvalue weighted by atomic mass is 10.2. The second-order valence-electron chi connectivity index (χ2n) is 3.96. The Kier molecular flexibility index (Phi) is 4.46. The number of benzene rings is 1. The number of anilines is 3. The summed E-state index contributed by atoms with van der Waals surface area (Å²) in [6.07, 6.45) is 0. The first kappa shape index (κ1) is 14.5. The number of phenolic OH excluding ortho intramolecular Hbond substituents is 1. The molecule has 0 heterocycles. The Hall–Kier alpha value is -2.57. The maximum absolute atomic E-state index is 11.0. The van der Waals surface area contributed by atoms with Gasteiger partial charge in [-0.1, -0.05) is 0 Å². The summed E-state index contributed by atoms with van der Waals surface area (Å²) in [5.41, 5.74) is 0.544. The molecule has 0 radical (unpaired) electrons. The van der Waals surface area contributed by atoms with Crippen LogP contribution in [0.25, 0.3) is 0 Å². The minimum absolute atomic E-state index is 0.0995. The van der Waals surface area contributed by atoms with Crippen LogP contribution in [0, 0.1) is 0 Å². The number of carbonyl (C=O) groups excluding carboxylic acids is 3. The Bertz CT molecular complexity index is 503. The van der Waals surface area contributed by atoms with E-state index < -0.39 is 0 Å². The van der Waals surface area contributed by atoms with Gasteiger partial charge in [0.2, 0.25) is 17.7 Å². The number of hydrogen-bond donors (Lipinski definition) is 4. The highest BCUT2D eigenvalue weighted by Crippen LogP contribution is 2.35. The highest BCUT2D eigenvalue weighted by Gasteiger charge is 2.12. The highest BCUT2D eigenvalue weighted by molar-refractivity contribution is 5.99. The predicted molar refractivity (Wildman–Crippen MR) is 71.0 cm³/mol. The van der Waals surface area contributed by atoms with Gasteiger partial charge in [0, 0.05) is 26.5 Å². The first-order valence-corrected chi connectivity index (χ1v) is 5.49. The first-order chi connectivity index (χ1) is 8.79. The molecule has 0 aliphatic heterocycles. The number of hydrogen-bond acceptors (Lipinski definition) is 4. The third-order valence-corrected chi connectivity index (χ3v) is 2.05. The fraction of sp³-hybridized carbons (Fsp3) is 0.250. The van der Waals surface area contributed by atoms with E-state index in [9.17, 15) is 19.5 Å². The Morgan fingerprint density at radius 3 is 1.53 bits per heavy atom. The molecule has 102 valence electrons. The molecule has 1 aromatic carbocycles. The lowest BCUT2D eigenvalue weighted by Crippen LogP contribution is -2.12. The molecule has 0 aliphatic rings. The number of rotatable bonds is 3. The van der Waals surface area contributed by atoms with Crippen LogP contribution >= 0.6 is 0 Å². The number of nitrogens with one attached hydrogen (secondary N) is 3. The smallest absolute Gasteiger partial charge is 0.221 e. The lowest BCUT2D eigenvalue weighted by molar-refractivity contribution is -0.115. The molecular weight excluding hydrogens is 250 g/mol. The van der Waals surface area contributed by atoms with Gasteiger partial charge in [-0.15, -0.1) is 0 Å². The van der Waals surface area contributed by atoms with Crippen molar-refractivity contribution in [1.82, 2.24) is 0 Å². The molecule has 0 saturated heterocycles. The van der Waals surface area contributed by atoms with Crippen molar-refractivity contribution < 1.29 is 19.5 Å². The van der Waals surface area contributed by atoms with Crippen LogP contribution in [0.4, 0.5) is 17.1 Å². The monoisotopic (exact) mass is 265 g/mol. The molecule has 0 aromatic heterocycles. The van der Waals surface area contributed by atoms with Crippen LogP contribution in [0.2, 0.25) is 0 Å². The minimum Gasteiger partial charge on any atom is -0.504 e. The molecule has 0 saturated carbocycles. The summed E-state index contributed by atoms with van der Waals surface area (Å²) in [4.78, 5) is 33.1. The minimum atomic E-state index is -0.385. The van der Waals surface area contributed by atoms with Crippen molar-refractivity contribution in [2.45, 2.75) is 20.8 Å². The number of amides is 3. The van der Waals surface area contributed by atoms with Crippen LogP contribution in [0.15, 0.2) is 12.1 Å². The van der Waals surface area contributed by atoms with Crippen molar-refractivity contribution in [3.8, 4) is 5.75 Å². The lowest BCUT2D eigenvalue weighted by Gasteiger charge is -2.13. The van der Waals surface area contributed by atoms with Gasteiger partial charge in [-0.25, -0.2) is 0 Å². The molecule has 7 nitrogen and oxygen atoms in total. The molecule has 0 spiro atoms. The Balaban J connectivity index is 3.24. The van der Waals surface area contributed by atoms with Gasteiger partial charge in [0.1, 0.15) is 0 Å². The summed E-state index contributed by atoms with van der Waals surface area (Å²) in [5.74, 6) is -1.36. The average molecular weight is 265 g/mol. The van der Waals surface area contributed by atoms with E-state index in [1.807, 2.05) is 0 Å². The van der Waals surface area contributed by atoms with E-state index in [4.69, 9.17) is 0 Å². The van der Waals surface area contributed by atoms with Gasteiger partial charge in [0.25, 0.3) is 0 Å². The summed E-state index contributed by atoms with van der Waals surface area (Å²) in [6.45, 7) is 3.88. The van der Waals surface area contributed by atoms with Gasteiger partial charge in [-0.2, -0.15) is 0 Å². The fourth-order valence-corrected chi connectivity index (χ4v) is 1.48. The zero-order valence-corrected chi connectivity index (χ0v) is 10.8. The molecule has 0 fully saturated rings. The molecule has 19 heavy (non-hydrogen) atoms. The van der Waals surface area contributed by atoms with Crippen molar-refractivity contribution in [2.75, 3.05) is 16.0 Å². The van der Waals surface area contributed by atoms with Gasteiger partial charge in [0.05, 0.1) is 11.4 Å². The van der Waals surface area contributed by atoms with Crippen molar-refractivity contribution in [1.29, 1.82) is 0 Å². The number of phenols is 1. The van der Waals surface area contributed by atoms with E-state index in [0.717, 1.165) is 0 Å². The molecule has 3 amide bonds. The maximum atomic E-state index is 11.0. The highest BCUT2D eigenvalue weighted by atomic mass is 16.3. The molecule has 7 heteroatoms. The second kappa shape index (κ2) is 5.85. The predicted octanol–water partition coefficient (Wildman–Crippen LogP) is 1.27. The Labute approximate surface area is 110 Å². The third kappa shape index (κ3) is 4.30. The zero-order chi connectivity index (χ0) is 14.6. The molecule has 1 aromatic rings. The summed E-state index contributed by atoms with van der Waals surface area (Å²) in [5, 5.41) is 17.2. The van der Waals surface area contributed by atoms with Crippen LogP contribution in [-0.4, -0.2) is 22.8 Å². The van der Waals surface area contributed by atoms with Crippen LogP contribution < -0.4 is 16.0 Å². The molecule has 0 atom stereocenters. The SMILES string of the molecule is CC(=O)Nc1cc(NC(C)=O)c(O)c(NC(C)=O)c1. The quantitative estimate of drug-likeness (QED) is 0.487. The van der Waals surface area contributed by atoms with Gasteiger partial charge >= 0.3 is 0 Å². The third-order valence-electron chi connectivity index (χ3n) is 2.05. The summed E-state index contributed by atoms with van der Waals surface area (Å²) >= 11 is 0. The van der Waals surface area contributed by atoms with Gasteiger partial charge in [0.15, 0.2) is 5.75 Å². The van der Waals surface area contributed by atoms with Crippen molar-refractivity contribution in [3.05, 3.63) is 12.1 Å². The molecule has 0 bridgehead atoms. The van der Waals surface area contributed by atoms with Crippen LogP contribution in [0.5, 0.6) is 5.75 Å². The van der Waals surface area contributed by atoms with Crippen LogP contribution in [0.3, 0.4) is 0 Å². The first-order valence-electron chi connectivity index (χ1n) is 5.49.